The molecule has 124 valence electrons. The molecule has 0 heterocycles. The summed E-state index contributed by atoms with van der Waals surface area (Å²) in [6.45, 7) is 11.1. The fourth-order valence-electron chi connectivity index (χ4n) is 2.77. The highest BCUT2D eigenvalue weighted by molar-refractivity contribution is 5.68. The van der Waals surface area contributed by atoms with Crippen LogP contribution in [0.1, 0.15) is 60.3 Å². The zero-order valence-corrected chi connectivity index (χ0v) is 14.3. The Morgan fingerprint density at radius 3 is 2.38 bits per heavy atom. The lowest BCUT2D eigenvalue weighted by molar-refractivity contribution is 0.0468. The molecule has 0 aromatic carbocycles. The molecule has 1 amide bonds. The molecular weight excluding hydrogens is 266 g/mol. The smallest absolute Gasteiger partial charge is 0.408 e. The Labute approximate surface area is 129 Å². The van der Waals surface area contributed by atoms with Gasteiger partial charge in [-0.3, -0.25) is 0 Å². The third-order valence-corrected chi connectivity index (χ3v) is 3.86. The minimum Gasteiger partial charge on any atom is -0.444 e. The number of rotatable bonds is 5. The molecule has 5 heteroatoms. The Balaban J connectivity index is 2.42. The standard InChI is InChI=1S/C16H33N3O2/c1-15(2,3)21-14(20)19-16(4,5)11-18-13-9-7-6-8-12(13)10-17/h12-13,18H,6-11,17H2,1-5H3,(H,19,20). The summed E-state index contributed by atoms with van der Waals surface area (Å²) in [6, 6.07) is 0.462. The summed E-state index contributed by atoms with van der Waals surface area (Å²) in [5, 5.41) is 6.51. The molecule has 1 saturated carbocycles. The quantitative estimate of drug-likeness (QED) is 0.728. The van der Waals surface area contributed by atoms with Gasteiger partial charge in [0.2, 0.25) is 0 Å². The minimum absolute atomic E-state index is 0.348. The molecule has 0 aliphatic heterocycles. The first kappa shape index (κ1) is 18.2. The molecule has 0 saturated heterocycles. The summed E-state index contributed by atoms with van der Waals surface area (Å²) in [5.41, 5.74) is 5.03. The molecule has 0 spiro atoms. The van der Waals surface area contributed by atoms with Crippen LogP contribution in [0.2, 0.25) is 0 Å². The predicted molar refractivity (Wildman–Crippen MR) is 86.3 cm³/mol. The fourth-order valence-corrected chi connectivity index (χ4v) is 2.77. The zero-order chi connectivity index (χ0) is 16.1. The molecule has 1 rings (SSSR count). The molecule has 5 nitrogen and oxygen atoms in total. The summed E-state index contributed by atoms with van der Waals surface area (Å²) >= 11 is 0. The van der Waals surface area contributed by atoms with Crippen molar-refractivity contribution in [3.05, 3.63) is 0 Å². The molecular formula is C16H33N3O2. The van der Waals surface area contributed by atoms with Gasteiger partial charge in [0.1, 0.15) is 5.60 Å². The van der Waals surface area contributed by atoms with Gasteiger partial charge in [0.15, 0.2) is 0 Å². The van der Waals surface area contributed by atoms with E-state index in [1.165, 1.54) is 25.7 Å². The van der Waals surface area contributed by atoms with Crippen LogP contribution in [0.15, 0.2) is 0 Å². The van der Waals surface area contributed by atoms with Crippen LogP contribution in [0.3, 0.4) is 0 Å². The first-order valence-corrected chi connectivity index (χ1v) is 8.07. The molecule has 4 N–H and O–H groups in total. The molecule has 1 fully saturated rings. The van der Waals surface area contributed by atoms with Gasteiger partial charge >= 0.3 is 6.09 Å². The Bertz CT molecular complexity index is 337. The van der Waals surface area contributed by atoms with Crippen LogP contribution < -0.4 is 16.4 Å². The number of amides is 1. The number of alkyl carbamates (subject to hydrolysis) is 1. The number of hydrogen-bond donors (Lipinski definition) is 3. The van der Waals surface area contributed by atoms with Crippen LogP contribution >= 0.6 is 0 Å². The molecule has 21 heavy (non-hydrogen) atoms. The van der Waals surface area contributed by atoms with Crippen LogP contribution in [0.25, 0.3) is 0 Å². The van der Waals surface area contributed by atoms with Crippen LogP contribution in [0.4, 0.5) is 4.79 Å². The third kappa shape index (κ3) is 7.14. The lowest BCUT2D eigenvalue weighted by atomic mass is 9.84. The van der Waals surface area contributed by atoms with E-state index in [-0.39, 0.29) is 11.6 Å². The second-order valence-electron chi connectivity index (χ2n) is 7.78. The van der Waals surface area contributed by atoms with Gasteiger partial charge < -0.3 is 21.1 Å². The maximum atomic E-state index is 11.9. The lowest BCUT2D eigenvalue weighted by Gasteiger charge is -2.35. The molecule has 1 aliphatic carbocycles. The highest BCUT2D eigenvalue weighted by atomic mass is 16.6. The highest BCUT2D eigenvalue weighted by Gasteiger charge is 2.28. The predicted octanol–water partition coefficient (Wildman–Crippen LogP) is 2.40. The minimum atomic E-state index is -0.471. The van der Waals surface area contributed by atoms with E-state index in [4.69, 9.17) is 10.5 Å². The topological polar surface area (TPSA) is 76.4 Å². The number of ether oxygens (including phenoxy) is 1. The van der Waals surface area contributed by atoms with E-state index in [0.29, 0.717) is 18.5 Å². The Kier molecular flexibility index (Phi) is 6.47. The van der Waals surface area contributed by atoms with E-state index in [9.17, 15) is 4.79 Å². The van der Waals surface area contributed by atoms with Crippen molar-refractivity contribution in [1.82, 2.24) is 10.6 Å². The summed E-state index contributed by atoms with van der Waals surface area (Å²) in [5.74, 6) is 0.552. The molecule has 1 aliphatic rings. The van der Waals surface area contributed by atoms with Crippen LogP contribution in [0.5, 0.6) is 0 Å². The SMILES string of the molecule is CC(C)(CNC1CCCCC1CN)NC(=O)OC(C)(C)C. The molecule has 0 aromatic rings. The number of hydrogen-bond acceptors (Lipinski definition) is 4. The average Bonchev–Trinajstić information content (AvgIpc) is 2.33. The number of carbonyl (C=O) groups is 1. The maximum absolute atomic E-state index is 11.9. The Hall–Kier alpha value is -0.810. The van der Waals surface area contributed by atoms with Crippen LogP contribution in [-0.4, -0.2) is 36.4 Å². The lowest BCUT2D eigenvalue weighted by Crippen LogP contribution is -2.55. The number of nitrogens with one attached hydrogen (secondary N) is 2. The van der Waals surface area contributed by atoms with Crippen molar-refractivity contribution in [3.8, 4) is 0 Å². The van der Waals surface area contributed by atoms with Crippen LogP contribution in [-0.2, 0) is 4.74 Å². The van der Waals surface area contributed by atoms with Crippen LogP contribution in [0, 0.1) is 5.92 Å². The monoisotopic (exact) mass is 299 g/mol. The molecule has 0 aromatic heterocycles. The Morgan fingerprint density at radius 2 is 1.81 bits per heavy atom. The Morgan fingerprint density at radius 1 is 1.19 bits per heavy atom. The van der Waals surface area contributed by atoms with E-state index in [0.717, 1.165) is 6.54 Å². The van der Waals surface area contributed by atoms with Gasteiger partial charge in [-0.05, 0) is 59.9 Å². The second kappa shape index (κ2) is 7.45. The molecule has 2 unspecified atom stereocenters. The largest absolute Gasteiger partial charge is 0.444 e. The average molecular weight is 299 g/mol. The van der Waals surface area contributed by atoms with Gasteiger partial charge in [-0.2, -0.15) is 0 Å². The van der Waals surface area contributed by atoms with Crippen molar-refractivity contribution in [2.24, 2.45) is 11.7 Å². The first-order chi connectivity index (χ1) is 9.63. The first-order valence-electron chi connectivity index (χ1n) is 8.07. The highest BCUT2D eigenvalue weighted by Crippen LogP contribution is 2.23. The third-order valence-electron chi connectivity index (χ3n) is 3.86. The molecule has 0 bridgehead atoms. The van der Waals surface area contributed by atoms with E-state index in [2.05, 4.69) is 10.6 Å². The summed E-state index contributed by atoms with van der Waals surface area (Å²) in [7, 11) is 0. The number of nitrogens with two attached hydrogens (primary N) is 1. The number of carbonyl (C=O) groups excluding carboxylic acids is 1. The summed E-state index contributed by atoms with van der Waals surface area (Å²) in [4.78, 5) is 11.9. The van der Waals surface area contributed by atoms with Crippen molar-refractivity contribution in [1.29, 1.82) is 0 Å². The van der Waals surface area contributed by atoms with E-state index in [1.807, 2.05) is 34.6 Å². The fraction of sp³-hybridized carbons (Fsp3) is 0.938. The zero-order valence-electron chi connectivity index (χ0n) is 14.3. The van der Waals surface area contributed by atoms with Crippen molar-refractivity contribution in [2.45, 2.75) is 77.5 Å². The normalized spacial score (nSPS) is 23.7. The van der Waals surface area contributed by atoms with Crippen molar-refractivity contribution in [2.75, 3.05) is 13.1 Å². The van der Waals surface area contributed by atoms with Gasteiger partial charge in [0, 0.05) is 12.6 Å². The summed E-state index contributed by atoms with van der Waals surface area (Å²) < 4.78 is 5.31. The molecule has 2 atom stereocenters. The van der Waals surface area contributed by atoms with Crippen molar-refractivity contribution in [3.63, 3.8) is 0 Å². The molecule has 0 radical (unpaired) electrons. The van der Waals surface area contributed by atoms with Gasteiger partial charge in [0.25, 0.3) is 0 Å². The second-order valence-corrected chi connectivity index (χ2v) is 7.78. The van der Waals surface area contributed by atoms with Crippen molar-refractivity contribution >= 4 is 6.09 Å². The van der Waals surface area contributed by atoms with E-state index < -0.39 is 5.60 Å². The van der Waals surface area contributed by atoms with E-state index in [1.54, 1.807) is 0 Å². The van der Waals surface area contributed by atoms with Gasteiger partial charge in [-0.1, -0.05) is 12.8 Å². The van der Waals surface area contributed by atoms with Gasteiger partial charge in [-0.25, -0.2) is 4.79 Å². The van der Waals surface area contributed by atoms with Crippen molar-refractivity contribution < 1.29 is 9.53 Å². The van der Waals surface area contributed by atoms with Gasteiger partial charge in [0.05, 0.1) is 5.54 Å². The van der Waals surface area contributed by atoms with Gasteiger partial charge in [-0.15, -0.1) is 0 Å². The summed E-state index contributed by atoms with van der Waals surface area (Å²) in [6.07, 6.45) is 4.54. The van der Waals surface area contributed by atoms with E-state index >= 15 is 0 Å². The maximum Gasteiger partial charge on any atom is 0.408 e.